The monoisotopic (exact) mass is 793 g/mol. The minimum absolute atomic E-state index is 0.299. The van der Waals surface area contributed by atoms with Crippen molar-refractivity contribution >= 4 is 38.9 Å². The molecular weight excluding hydrogens is 759 g/mol. The Morgan fingerprint density at radius 1 is 0.323 bits per heavy atom. The zero-order valence-electron chi connectivity index (χ0n) is 33.4. The van der Waals surface area contributed by atoms with E-state index in [2.05, 4.69) is 175 Å². The van der Waals surface area contributed by atoms with E-state index in [-0.39, 0.29) is 11.1 Å². The molecule has 2 aliphatic rings. The smallest absolute Gasteiger partial charge is 0.282 e. The van der Waals surface area contributed by atoms with Gasteiger partial charge in [-0.05, 0) is 127 Å². The van der Waals surface area contributed by atoms with Crippen LogP contribution in [0.2, 0.25) is 0 Å². The highest BCUT2D eigenvalue weighted by Crippen LogP contribution is 2.63. The van der Waals surface area contributed by atoms with E-state index in [9.17, 15) is 9.59 Å². The van der Waals surface area contributed by atoms with Gasteiger partial charge in [-0.3, -0.25) is 9.59 Å². The van der Waals surface area contributed by atoms with Crippen LogP contribution >= 0.6 is 0 Å². The Labute approximate surface area is 356 Å². The van der Waals surface area contributed by atoms with Gasteiger partial charge in [0.15, 0.2) is 0 Å². The Balaban J connectivity index is 1.08. The van der Waals surface area contributed by atoms with Crippen molar-refractivity contribution in [2.75, 3.05) is 4.90 Å². The Kier molecular flexibility index (Phi) is 7.17. The van der Waals surface area contributed by atoms with Crippen molar-refractivity contribution in [3.05, 3.63) is 255 Å². The van der Waals surface area contributed by atoms with Crippen LogP contribution in [0.4, 0.5) is 17.1 Å². The number of hydrogen-bond donors (Lipinski definition) is 0. The molecule has 9 aromatic carbocycles. The summed E-state index contributed by atoms with van der Waals surface area (Å²) in [5, 5.41) is 1.05. The van der Waals surface area contributed by atoms with Crippen molar-refractivity contribution in [1.29, 1.82) is 0 Å². The number of aromatic nitrogens is 2. The molecule has 0 radical (unpaired) electrons. The third-order valence-electron chi connectivity index (χ3n) is 13.3. The molecule has 62 heavy (non-hydrogen) atoms. The summed E-state index contributed by atoms with van der Waals surface area (Å²) in [5.74, 6) is 0. The Morgan fingerprint density at radius 3 is 1.40 bits per heavy atom. The molecule has 2 aromatic heterocycles. The van der Waals surface area contributed by atoms with E-state index in [1.807, 2.05) is 40.9 Å². The van der Waals surface area contributed by atoms with Crippen molar-refractivity contribution in [2.24, 2.45) is 0 Å². The molecule has 0 saturated heterocycles. The lowest BCUT2D eigenvalue weighted by atomic mass is 9.70. The zero-order valence-corrected chi connectivity index (χ0v) is 33.4. The molecule has 0 amide bonds. The third-order valence-corrected chi connectivity index (χ3v) is 13.3. The van der Waals surface area contributed by atoms with E-state index >= 15 is 0 Å². The quantitative estimate of drug-likeness (QED) is 0.174. The van der Waals surface area contributed by atoms with E-state index in [0.717, 1.165) is 61.5 Å². The van der Waals surface area contributed by atoms with Crippen LogP contribution in [0.5, 0.6) is 0 Å². The minimum atomic E-state index is -0.706. The fourth-order valence-electron chi connectivity index (χ4n) is 10.6. The summed E-state index contributed by atoms with van der Waals surface area (Å²) in [6, 6.07) is 74.7. The van der Waals surface area contributed by atoms with Crippen LogP contribution in [0.15, 0.2) is 222 Å². The molecule has 0 bridgehead atoms. The zero-order chi connectivity index (χ0) is 41.1. The topological polar surface area (TPSA) is 46.2 Å². The maximum absolute atomic E-state index is 14.3. The maximum Gasteiger partial charge on any atom is 0.282 e. The van der Waals surface area contributed by atoms with Gasteiger partial charge in [0.2, 0.25) is 0 Å². The molecule has 0 unspecified atom stereocenters. The van der Waals surface area contributed by atoms with Crippen LogP contribution in [-0.4, -0.2) is 9.03 Å². The largest absolute Gasteiger partial charge is 0.310 e. The first-order chi connectivity index (χ1) is 30.6. The second-order valence-electron chi connectivity index (χ2n) is 16.4. The first-order valence-corrected chi connectivity index (χ1v) is 21.0. The summed E-state index contributed by atoms with van der Waals surface area (Å²) in [6.45, 7) is 0. The molecule has 1 spiro atoms. The van der Waals surface area contributed by atoms with Crippen molar-refractivity contribution in [3.8, 4) is 44.5 Å². The van der Waals surface area contributed by atoms with E-state index < -0.39 is 5.41 Å². The van der Waals surface area contributed by atoms with E-state index in [1.54, 1.807) is 6.07 Å². The van der Waals surface area contributed by atoms with E-state index in [1.165, 1.54) is 37.9 Å². The van der Waals surface area contributed by atoms with Gasteiger partial charge in [-0.25, -0.2) is 4.52 Å². The predicted octanol–water partition coefficient (Wildman–Crippen LogP) is 12.7. The summed E-state index contributed by atoms with van der Waals surface area (Å²) in [4.78, 5) is 30.4. The molecule has 0 fully saturated rings. The van der Waals surface area contributed by atoms with Crippen LogP contribution in [0.3, 0.4) is 0 Å². The number of anilines is 3. The molecule has 11 aromatic rings. The van der Waals surface area contributed by atoms with Crippen molar-refractivity contribution < 1.29 is 0 Å². The molecule has 2 heterocycles. The van der Waals surface area contributed by atoms with Crippen LogP contribution in [0, 0.1) is 0 Å². The molecule has 5 heteroatoms. The normalized spacial score (nSPS) is 13.1. The molecule has 2 aliphatic carbocycles. The van der Waals surface area contributed by atoms with Gasteiger partial charge in [0.05, 0.1) is 27.2 Å². The van der Waals surface area contributed by atoms with E-state index in [0.29, 0.717) is 10.8 Å². The average Bonchev–Trinajstić information content (AvgIpc) is 4.01. The van der Waals surface area contributed by atoms with Crippen molar-refractivity contribution in [1.82, 2.24) is 9.03 Å². The van der Waals surface area contributed by atoms with Gasteiger partial charge in [0.1, 0.15) is 0 Å². The van der Waals surface area contributed by atoms with Gasteiger partial charge in [-0.15, -0.1) is 0 Å². The molecule has 290 valence electrons. The number of nitrogens with zero attached hydrogens (tertiary/aromatic N) is 3. The van der Waals surface area contributed by atoms with Gasteiger partial charge in [-0.2, -0.15) is 4.52 Å². The first-order valence-electron chi connectivity index (χ1n) is 21.0. The molecule has 13 rings (SSSR count). The van der Waals surface area contributed by atoms with Gasteiger partial charge >= 0.3 is 0 Å². The first kappa shape index (κ1) is 34.6. The lowest BCUT2D eigenvalue weighted by molar-refractivity contribution is 0.792. The summed E-state index contributed by atoms with van der Waals surface area (Å²) in [5.41, 5.74) is 17.0. The molecular formula is C57H35N3O2. The summed E-state index contributed by atoms with van der Waals surface area (Å²) in [6.07, 6.45) is 0. The number of hydrogen-bond acceptors (Lipinski definition) is 3. The van der Waals surface area contributed by atoms with Crippen molar-refractivity contribution in [3.63, 3.8) is 0 Å². The summed E-state index contributed by atoms with van der Waals surface area (Å²) >= 11 is 0. The highest BCUT2D eigenvalue weighted by atomic mass is 16.2. The minimum Gasteiger partial charge on any atom is -0.310 e. The Bertz CT molecular complexity index is 3590. The summed E-state index contributed by atoms with van der Waals surface area (Å²) in [7, 11) is 0. The van der Waals surface area contributed by atoms with Gasteiger partial charge in [-0.1, -0.05) is 152 Å². The highest BCUT2D eigenvalue weighted by molar-refractivity contribution is 6.01. The molecule has 0 saturated carbocycles. The van der Waals surface area contributed by atoms with Crippen LogP contribution in [0.1, 0.15) is 22.3 Å². The van der Waals surface area contributed by atoms with Crippen molar-refractivity contribution in [2.45, 2.75) is 5.41 Å². The molecule has 0 atom stereocenters. The number of benzene rings is 9. The highest BCUT2D eigenvalue weighted by Gasteiger charge is 2.52. The van der Waals surface area contributed by atoms with Gasteiger partial charge in [0, 0.05) is 17.1 Å². The molecule has 0 aliphatic heterocycles. The SMILES string of the molecule is O=c1c2ccccc2n2c3cc4c(cc3c(=O)n12)-c1ccc(N(c2ccc(-c3ccccc3)cc2)c2ccc(-c3ccccc3)cc2)cc1C41c2ccccc2-c2ccccc21. The van der Waals surface area contributed by atoms with Crippen LogP contribution < -0.4 is 16.0 Å². The fraction of sp³-hybridized carbons (Fsp3) is 0.0175. The number of fused-ring (bicyclic) bond motifs is 15. The summed E-state index contributed by atoms with van der Waals surface area (Å²) < 4.78 is 3.13. The Morgan fingerprint density at radius 2 is 0.790 bits per heavy atom. The lowest BCUT2D eigenvalue weighted by Crippen LogP contribution is -2.26. The Hall–Kier alpha value is -8.28. The predicted molar refractivity (Wildman–Crippen MR) is 251 cm³/mol. The number of para-hydroxylation sites is 1. The average molecular weight is 794 g/mol. The van der Waals surface area contributed by atoms with Gasteiger partial charge in [0.25, 0.3) is 11.1 Å². The molecule has 0 N–H and O–H groups in total. The third kappa shape index (κ3) is 4.62. The standard InChI is InChI=1S/C57H35N3O2/c61-55-46-19-9-12-22-53(46)59-54-35-52-47(34-48(54)56(62)60(55)59)45-32-31-42(33-51(45)57(52)49-20-10-7-17-43(49)44-18-8-11-21-50(44)57)58(40-27-23-38(24-28-40)36-13-3-1-4-14-36)41-29-25-39(26-30-41)37-15-5-2-6-16-37/h1-35H. The lowest BCUT2D eigenvalue weighted by Gasteiger charge is -2.32. The maximum atomic E-state index is 14.3. The number of rotatable bonds is 5. The van der Waals surface area contributed by atoms with Crippen LogP contribution in [0.25, 0.3) is 66.3 Å². The second-order valence-corrected chi connectivity index (χ2v) is 16.4. The van der Waals surface area contributed by atoms with Gasteiger partial charge < -0.3 is 4.90 Å². The van der Waals surface area contributed by atoms with Crippen LogP contribution in [-0.2, 0) is 5.41 Å². The van der Waals surface area contributed by atoms with E-state index in [4.69, 9.17) is 0 Å². The fourth-order valence-corrected chi connectivity index (χ4v) is 10.6. The second kappa shape index (κ2) is 12.9. The molecule has 5 nitrogen and oxygen atoms in total.